The molecule has 4 heteroatoms. The lowest BCUT2D eigenvalue weighted by molar-refractivity contribution is -0.127. The third-order valence-electron chi connectivity index (χ3n) is 4.80. The van der Waals surface area contributed by atoms with Crippen LogP contribution < -0.4 is 5.32 Å². The van der Waals surface area contributed by atoms with Gasteiger partial charge in [0, 0.05) is 12.6 Å². The Morgan fingerprint density at radius 2 is 1.89 bits per heavy atom. The van der Waals surface area contributed by atoms with Crippen molar-refractivity contribution >= 4 is 5.91 Å². The Labute approximate surface area is 116 Å². The number of carbonyl (C=O) groups is 1. The molecule has 0 aromatic heterocycles. The van der Waals surface area contributed by atoms with Crippen molar-refractivity contribution < 1.29 is 9.90 Å². The van der Waals surface area contributed by atoms with Crippen molar-refractivity contribution in [2.24, 2.45) is 5.92 Å². The van der Waals surface area contributed by atoms with Gasteiger partial charge >= 0.3 is 0 Å². The van der Waals surface area contributed by atoms with Gasteiger partial charge in [-0.25, -0.2) is 0 Å². The molecule has 3 atom stereocenters. The zero-order valence-corrected chi connectivity index (χ0v) is 12.3. The number of hydrogen-bond donors (Lipinski definition) is 2. The normalized spacial score (nSPS) is 29.1. The highest BCUT2D eigenvalue weighted by molar-refractivity contribution is 5.81. The van der Waals surface area contributed by atoms with Crippen molar-refractivity contribution in [3.8, 4) is 0 Å². The fourth-order valence-electron chi connectivity index (χ4n) is 3.34. The second-order valence-corrected chi connectivity index (χ2v) is 6.30. The molecule has 0 bridgehead atoms. The number of aliphatic hydroxyl groups excluding tert-OH is 1. The first kappa shape index (κ1) is 14.8. The first-order valence-corrected chi connectivity index (χ1v) is 7.80. The maximum Gasteiger partial charge on any atom is 0.237 e. The van der Waals surface area contributed by atoms with Crippen LogP contribution in [-0.2, 0) is 4.79 Å². The molecule has 1 amide bonds. The molecule has 19 heavy (non-hydrogen) atoms. The van der Waals surface area contributed by atoms with Gasteiger partial charge in [-0.1, -0.05) is 12.8 Å². The zero-order chi connectivity index (χ0) is 13.8. The van der Waals surface area contributed by atoms with Gasteiger partial charge < -0.3 is 10.4 Å². The number of amides is 1. The molecule has 2 aliphatic rings. The van der Waals surface area contributed by atoms with Crippen molar-refractivity contribution in [3.05, 3.63) is 0 Å². The van der Waals surface area contributed by atoms with Crippen LogP contribution in [0.1, 0.15) is 52.4 Å². The zero-order valence-electron chi connectivity index (χ0n) is 12.3. The molecule has 0 radical (unpaired) electrons. The summed E-state index contributed by atoms with van der Waals surface area (Å²) in [5.41, 5.74) is 0. The standard InChI is InChI=1S/C15H28N2O2/c1-11(15(19)16-14-7-3-4-8-14)17-9-5-6-13(10-17)12(2)18/h11-14,18H,3-10H2,1-2H3,(H,16,19). The predicted octanol–water partition coefficient (Wildman–Crippen LogP) is 1.53. The quantitative estimate of drug-likeness (QED) is 0.813. The fourth-order valence-corrected chi connectivity index (χ4v) is 3.34. The van der Waals surface area contributed by atoms with E-state index in [1.54, 1.807) is 0 Å². The minimum absolute atomic E-state index is 0.0675. The van der Waals surface area contributed by atoms with Gasteiger partial charge in [-0.2, -0.15) is 0 Å². The maximum atomic E-state index is 12.3. The Balaban J connectivity index is 1.83. The molecule has 2 fully saturated rings. The fraction of sp³-hybridized carbons (Fsp3) is 0.933. The summed E-state index contributed by atoms with van der Waals surface area (Å²) in [6.07, 6.45) is 6.64. The summed E-state index contributed by atoms with van der Waals surface area (Å²) in [4.78, 5) is 14.5. The molecule has 2 N–H and O–H groups in total. The Hall–Kier alpha value is -0.610. The van der Waals surface area contributed by atoms with Crippen LogP contribution in [-0.4, -0.2) is 47.2 Å². The van der Waals surface area contributed by atoms with Gasteiger partial charge in [0.15, 0.2) is 0 Å². The van der Waals surface area contributed by atoms with E-state index < -0.39 is 0 Å². The summed E-state index contributed by atoms with van der Waals surface area (Å²) in [6.45, 7) is 5.67. The Kier molecular flexibility index (Phi) is 5.22. The second kappa shape index (κ2) is 6.71. The number of nitrogens with zero attached hydrogens (tertiary/aromatic N) is 1. The number of nitrogens with one attached hydrogen (secondary N) is 1. The predicted molar refractivity (Wildman–Crippen MR) is 75.8 cm³/mol. The van der Waals surface area contributed by atoms with Gasteiger partial charge in [0.25, 0.3) is 0 Å². The number of aliphatic hydroxyl groups is 1. The van der Waals surface area contributed by atoms with Crippen molar-refractivity contribution in [2.45, 2.75) is 70.6 Å². The maximum absolute atomic E-state index is 12.3. The van der Waals surface area contributed by atoms with Gasteiger partial charge in [0.2, 0.25) is 5.91 Å². The molecule has 1 saturated carbocycles. The van der Waals surface area contributed by atoms with E-state index in [-0.39, 0.29) is 18.1 Å². The van der Waals surface area contributed by atoms with Crippen LogP contribution in [0.25, 0.3) is 0 Å². The van der Waals surface area contributed by atoms with E-state index in [4.69, 9.17) is 0 Å². The van der Waals surface area contributed by atoms with Crippen LogP contribution in [0.3, 0.4) is 0 Å². The summed E-state index contributed by atoms with van der Waals surface area (Å²) in [5.74, 6) is 0.480. The number of likely N-dealkylation sites (tertiary alicyclic amines) is 1. The summed E-state index contributed by atoms with van der Waals surface area (Å²) in [5, 5.41) is 12.9. The van der Waals surface area contributed by atoms with E-state index in [9.17, 15) is 9.90 Å². The Bertz CT molecular complexity index is 301. The summed E-state index contributed by atoms with van der Waals surface area (Å²) in [7, 11) is 0. The van der Waals surface area contributed by atoms with E-state index in [0.29, 0.717) is 12.0 Å². The third-order valence-corrected chi connectivity index (χ3v) is 4.80. The highest BCUT2D eigenvalue weighted by atomic mass is 16.3. The van der Waals surface area contributed by atoms with Crippen molar-refractivity contribution in [3.63, 3.8) is 0 Å². The first-order valence-electron chi connectivity index (χ1n) is 7.80. The molecule has 2 rings (SSSR count). The Morgan fingerprint density at radius 1 is 1.21 bits per heavy atom. The second-order valence-electron chi connectivity index (χ2n) is 6.30. The minimum atomic E-state index is -0.270. The van der Waals surface area contributed by atoms with Crippen LogP contribution in [0.2, 0.25) is 0 Å². The molecule has 0 spiro atoms. The molecule has 110 valence electrons. The van der Waals surface area contributed by atoms with Crippen molar-refractivity contribution in [2.75, 3.05) is 13.1 Å². The highest BCUT2D eigenvalue weighted by Crippen LogP contribution is 2.22. The van der Waals surface area contributed by atoms with E-state index in [2.05, 4.69) is 10.2 Å². The minimum Gasteiger partial charge on any atom is -0.393 e. The number of carbonyl (C=O) groups excluding carboxylic acids is 1. The van der Waals surface area contributed by atoms with Gasteiger partial charge in [0.1, 0.15) is 0 Å². The SMILES string of the molecule is CC(O)C1CCCN(C(C)C(=O)NC2CCCC2)C1. The largest absolute Gasteiger partial charge is 0.393 e. The summed E-state index contributed by atoms with van der Waals surface area (Å²) < 4.78 is 0. The average Bonchev–Trinajstić information content (AvgIpc) is 2.90. The third kappa shape index (κ3) is 3.93. The average molecular weight is 268 g/mol. The molecule has 0 aromatic carbocycles. The lowest BCUT2D eigenvalue weighted by Crippen LogP contribution is -2.51. The topological polar surface area (TPSA) is 52.6 Å². The molecule has 1 aliphatic carbocycles. The molecule has 1 saturated heterocycles. The van der Waals surface area contributed by atoms with E-state index in [1.807, 2.05) is 13.8 Å². The van der Waals surface area contributed by atoms with Crippen LogP contribution in [0.15, 0.2) is 0 Å². The molecule has 1 aliphatic heterocycles. The monoisotopic (exact) mass is 268 g/mol. The van der Waals surface area contributed by atoms with E-state index in [0.717, 1.165) is 38.8 Å². The van der Waals surface area contributed by atoms with Crippen LogP contribution >= 0.6 is 0 Å². The lowest BCUT2D eigenvalue weighted by Gasteiger charge is -2.37. The molecular weight excluding hydrogens is 240 g/mol. The van der Waals surface area contributed by atoms with Crippen LogP contribution in [0.4, 0.5) is 0 Å². The van der Waals surface area contributed by atoms with Crippen molar-refractivity contribution in [1.82, 2.24) is 10.2 Å². The molecular formula is C15H28N2O2. The van der Waals surface area contributed by atoms with Crippen molar-refractivity contribution in [1.29, 1.82) is 0 Å². The van der Waals surface area contributed by atoms with Gasteiger partial charge in [0.05, 0.1) is 12.1 Å². The summed E-state index contributed by atoms with van der Waals surface area (Å²) >= 11 is 0. The molecule has 3 unspecified atom stereocenters. The van der Waals surface area contributed by atoms with Gasteiger partial charge in [-0.15, -0.1) is 0 Å². The Morgan fingerprint density at radius 3 is 2.53 bits per heavy atom. The number of rotatable bonds is 4. The van der Waals surface area contributed by atoms with E-state index in [1.165, 1.54) is 12.8 Å². The van der Waals surface area contributed by atoms with E-state index >= 15 is 0 Å². The summed E-state index contributed by atoms with van der Waals surface area (Å²) in [6, 6.07) is 0.328. The highest BCUT2D eigenvalue weighted by Gasteiger charge is 2.30. The smallest absolute Gasteiger partial charge is 0.237 e. The molecule has 0 aromatic rings. The van der Waals surface area contributed by atoms with Gasteiger partial charge in [-0.3, -0.25) is 9.69 Å². The molecule has 4 nitrogen and oxygen atoms in total. The van der Waals surface area contributed by atoms with Crippen LogP contribution in [0, 0.1) is 5.92 Å². The lowest BCUT2D eigenvalue weighted by atomic mass is 9.92. The number of hydrogen-bond acceptors (Lipinski definition) is 3. The first-order chi connectivity index (χ1) is 9.08. The number of piperidine rings is 1. The van der Waals surface area contributed by atoms with Crippen LogP contribution in [0.5, 0.6) is 0 Å². The van der Waals surface area contributed by atoms with Gasteiger partial charge in [-0.05, 0) is 52.0 Å². The molecule has 1 heterocycles.